The van der Waals surface area contributed by atoms with Crippen LogP contribution in [0.1, 0.15) is 36.0 Å². The minimum absolute atomic E-state index is 0. The van der Waals surface area contributed by atoms with Crippen LogP contribution in [0.3, 0.4) is 0 Å². The van der Waals surface area contributed by atoms with Crippen molar-refractivity contribution in [2.45, 2.75) is 32.9 Å². The number of ether oxygens (including phenoxy) is 1. The molecular weight excluding hydrogens is 527 g/mol. The quantitative estimate of drug-likeness (QED) is 0.153. The number of hydrogen-bond acceptors (Lipinski definition) is 6. The van der Waals surface area contributed by atoms with Gasteiger partial charge in [0.1, 0.15) is 18.5 Å². The number of rotatable bonds is 10. The van der Waals surface area contributed by atoms with Crippen molar-refractivity contribution in [3.63, 3.8) is 0 Å². The average Bonchev–Trinajstić information content (AvgIpc) is 3.33. The van der Waals surface area contributed by atoms with E-state index in [2.05, 4.69) is 38.0 Å². The summed E-state index contributed by atoms with van der Waals surface area (Å²) in [5, 5.41) is 26.6. The topological polar surface area (TPSA) is 96.6 Å². The Morgan fingerprint density at radius 3 is 2.81 bits per heavy atom. The summed E-state index contributed by atoms with van der Waals surface area (Å²) in [7, 11) is 1.92. The summed E-state index contributed by atoms with van der Waals surface area (Å²) in [6, 6.07) is 10.2. The van der Waals surface area contributed by atoms with Gasteiger partial charge in [0.25, 0.3) is 0 Å². The molecule has 1 atom stereocenters. The van der Waals surface area contributed by atoms with E-state index < -0.39 is 6.10 Å². The molecule has 1 aromatic carbocycles. The van der Waals surface area contributed by atoms with Gasteiger partial charge in [0.15, 0.2) is 11.8 Å². The van der Waals surface area contributed by atoms with Crippen LogP contribution in [0.5, 0.6) is 0 Å². The molecule has 2 aromatic heterocycles. The number of aryl methyl sites for hydroxylation is 1. The van der Waals surface area contributed by atoms with E-state index >= 15 is 0 Å². The summed E-state index contributed by atoms with van der Waals surface area (Å²) >= 11 is 1.61. The van der Waals surface area contributed by atoms with Crippen LogP contribution in [-0.2, 0) is 18.3 Å². The number of halogens is 1. The molecule has 0 fully saturated rings. The number of fused-ring (bicyclic) bond motifs is 1. The third-order valence-electron chi connectivity index (χ3n) is 4.76. The summed E-state index contributed by atoms with van der Waals surface area (Å²) in [5.74, 6) is 2.26. The lowest BCUT2D eigenvalue weighted by atomic mass is 10.2. The van der Waals surface area contributed by atoms with Crippen molar-refractivity contribution in [2.24, 2.45) is 12.0 Å². The third-order valence-corrected chi connectivity index (χ3v) is 5.98. The SMILES string of the molecule is CCOCCCNC(=NCc1nnc(C)n1C)NCC(O)c1cc2ccccc2s1.I. The van der Waals surface area contributed by atoms with E-state index in [1.165, 1.54) is 4.70 Å². The maximum Gasteiger partial charge on any atom is 0.191 e. The highest BCUT2D eigenvalue weighted by Gasteiger charge is 2.13. The van der Waals surface area contributed by atoms with Crippen LogP contribution < -0.4 is 10.6 Å². The van der Waals surface area contributed by atoms with Crippen molar-refractivity contribution in [1.82, 2.24) is 25.4 Å². The van der Waals surface area contributed by atoms with Gasteiger partial charge in [0.05, 0.1) is 0 Å². The van der Waals surface area contributed by atoms with Crippen molar-refractivity contribution in [3.8, 4) is 0 Å². The number of guanidine groups is 1. The molecule has 0 aliphatic heterocycles. The Balaban J connectivity index is 0.00000341. The normalized spacial score (nSPS) is 12.6. The molecule has 0 saturated carbocycles. The molecule has 8 nitrogen and oxygen atoms in total. The van der Waals surface area contributed by atoms with Crippen LogP contribution >= 0.6 is 35.3 Å². The molecular formula is C21H31IN6O2S. The number of hydrogen-bond donors (Lipinski definition) is 3. The maximum absolute atomic E-state index is 10.7. The number of benzene rings is 1. The van der Waals surface area contributed by atoms with Crippen LogP contribution in [0.25, 0.3) is 10.1 Å². The molecule has 0 amide bonds. The molecule has 2 heterocycles. The van der Waals surface area contributed by atoms with E-state index in [4.69, 9.17) is 4.74 Å². The van der Waals surface area contributed by atoms with Gasteiger partial charge in [-0.3, -0.25) is 0 Å². The molecule has 0 bridgehead atoms. The van der Waals surface area contributed by atoms with Gasteiger partial charge in [-0.1, -0.05) is 18.2 Å². The summed E-state index contributed by atoms with van der Waals surface area (Å²) in [5.41, 5.74) is 0. The zero-order valence-electron chi connectivity index (χ0n) is 18.2. The highest BCUT2D eigenvalue weighted by atomic mass is 127. The molecule has 0 radical (unpaired) electrons. The number of nitrogens with one attached hydrogen (secondary N) is 2. The third kappa shape index (κ3) is 7.41. The van der Waals surface area contributed by atoms with E-state index in [9.17, 15) is 5.11 Å². The second kappa shape index (κ2) is 12.9. The molecule has 10 heteroatoms. The molecule has 0 saturated heterocycles. The fourth-order valence-electron chi connectivity index (χ4n) is 2.90. The minimum Gasteiger partial charge on any atom is -0.386 e. The first kappa shape index (κ1) is 25.5. The van der Waals surface area contributed by atoms with Crippen LogP contribution in [0.2, 0.25) is 0 Å². The maximum atomic E-state index is 10.7. The Bertz CT molecular complexity index is 941. The first-order valence-corrected chi connectivity index (χ1v) is 11.0. The molecule has 3 rings (SSSR count). The minimum atomic E-state index is -0.616. The molecule has 0 aliphatic rings. The van der Waals surface area contributed by atoms with E-state index in [1.807, 2.05) is 43.7 Å². The summed E-state index contributed by atoms with van der Waals surface area (Å²) in [6.45, 7) is 6.80. The zero-order valence-corrected chi connectivity index (χ0v) is 21.3. The first-order valence-electron chi connectivity index (χ1n) is 10.2. The van der Waals surface area contributed by atoms with Crippen molar-refractivity contribution >= 4 is 51.4 Å². The molecule has 3 N–H and O–H groups in total. The van der Waals surface area contributed by atoms with E-state index in [0.717, 1.165) is 34.9 Å². The fourth-order valence-corrected chi connectivity index (χ4v) is 3.95. The molecule has 31 heavy (non-hydrogen) atoms. The standard InChI is InChI=1S/C21H30N6O2S.HI/c1-4-29-11-7-10-22-21(24-14-20-26-25-15(2)27(20)3)23-13-17(28)19-12-16-8-5-6-9-18(16)30-19;/h5-6,8-9,12,17,28H,4,7,10-11,13-14H2,1-3H3,(H2,22,23,24);1H. The van der Waals surface area contributed by atoms with E-state index in [-0.39, 0.29) is 24.0 Å². The second-order valence-electron chi connectivity index (χ2n) is 6.95. The lowest BCUT2D eigenvalue weighted by Crippen LogP contribution is -2.40. The van der Waals surface area contributed by atoms with Gasteiger partial charge in [-0.2, -0.15) is 0 Å². The highest BCUT2D eigenvalue weighted by molar-refractivity contribution is 14.0. The van der Waals surface area contributed by atoms with Gasteiger partial charge in [-0.05, 0) is 37.8 Å². The molecule has 1 unspecified atom stereocenters. The smallest absolute Gasteiger partial charge is 0.191 e. The number of aliphatic hydroxyl groups excluding tert-OH is 1. The predicted octanol–water partition coefficient (Wildman–Crippen LogP) is 3.15. The van der Waals surface area contributed by atoms with Gasteiger partial charge < -0.3 is 25.0 Å². The van der Waals surface area contributed by atoms with Crippen molar-refractivity contribution in [2.75, 3.05) is 26.3 Å². The highest BCUT2D eigenvalue weighted by Crippen LogP contribution is 2.29. The average molecular weight is 558 g/mol. The van der Waals surface area contributed by atoms with Gasteiger partial charge in [-0.15, -0.1) is 45.5 Å². The largest absolute Gasteiger partial charge is 0.386 e. The number of aliphatic imine (C=N–C) groups is 1. The Labute approximate surface area is 204 Å². The van der Waals surface area contributed by atoms with Crippen LogP contribution in [0.4, 0.5) is 0 Å². The van der Waals surface area contributed by atoms with Gasteiger partial charge in [-0.25, -0.2) is 4.99 Å². The first-order chi connectivity index (χ1) is 14.6. The summed E-state index contributed by atoms with van der Waals surface area (Å²) in [4.78, 5) is 5.55. The summed E-state index contributed by atoms with van der Waals surface area (Å²) in [6.07, 6.45) is 0.256. The van der Waals surface area contributed by atoms with Gasteiger partial charge >= 0.3 is 0 Å². The zero-order chi connectivity index (χ0) is 21.3. The molecule has 170 valence electrons. The van der Waals surface area contributed by atoms with Crippen LogP contribution in [-0.4, -0.2) is 52.1 Å². The summed E-state index contributed by atoms with van der Waals surface area (Å²) < 4.78 is 8.48. The monoisotopic (exact) mass is 558 g/mol. The molecule has 0 aliphatic carbocycles. The Hall–Kier alpha value is -1.76. The number of nitrogens with zero attached hydrogens (tertiary/aromatic N) is 4. The van der Waals surface area contributed by atoms with Crippen LogP contribution in [0.15, 0.2) is 35.3 Å². The number of aromatic nitrogens is 3. The Morgan fingerprint density at radius 2 is 2.10 bits per heavy atom. The van der Waals surface area contributed by atoms with Crippen molar-refractivity contribution in [3.05, 3.63) is 46.9 Å². The van der Waals surface area contributed by atoms with Gasteiger partial charge in [0, 0.05) is 42.9 Å². The lowest BCUT2D eigenvalue weighted by molar-refractivity contribution is 0.145. The van der Waals surface area contributed by atoms with Gasteiger partial charge in [0.2, 0.25) is 0 Å². The molecule has 3 aromatic rings. The number of aliphatic hydroxyl groups is 1. The Morgan fingerprint density at radius 1 is 1.29 bits per heavy atom. The van der Waals surface area contributed by atoms with Crippen molar-refractivity contribution in [1.29, 1.82) is 0 Å². The molecule has 0 spiro atoms. The van der Waals surface area contributed by atoms with Crippen molar-refractivity contribution < 1.29 is 9.84 Å². The number of thiophene rings is 1. The Kier molecular flexibility index (Phi) is 10.6. The van der Waals surface area contributed by atoms with E-state index in [0.29, 0.717) is 32.3 Å². The fraction of sp³-hybridized carbons (Fsp3) is 0.476. The second-order valence-corrected chi connectivity index (χ2v) is 8.06. The van der Waals surface area contributed by atoms with E-state index in [1.54, 1.807) is 11.3 Å². The predicted molar refractivity (Wildman–Crippen MR) is 136 cm³/mol. The van der Waals surface area contributed by atoms with Crippen LogP contribution in [0, 0.1) is 6.92 Å². The lowest BCUT2D eigenvalue weighted by Gasteiger charge is -2.15.